The van der Waals surface area contributed by atoms with Crippen molar-refractivity contribution in [3.63, 3.8) is 0 Å². The largest absolute Gasteiger partial charge is 0.462 e. The van der Waals surface area contributed by atoms with Gasteiger partial charge in [-0.15, -0.1) is 0 Å². The van der Waals surface area contributed by atoms with Gasteiger partial charge in [0.2, 0.25) is 20.0 Å². The molecule has 1 aliphatic rings. The normalized spacial score (nSPS) is 17.4. The van der Waals surface area contributed by atoms with Crippen molar-refractivity contribution in [1.29, 1.82) is 0 Å². The van der Waals surface area contributed by atoms with Crippen molar-refractivity contribution in [3.8, 4) is 0 Å². The van der Waals surface area contributed by atoms with Gasteiger partial charge in [-0.1, -0.05) is 0 Å². The van der Waals surface area contributed by atoms with Gasteiger partial charge in [0, 0.05) is 26.2 Å². The SMILES string of the molecule is CCOC(=O)c1ccc(S(=O)(=O)N2CCN(S(=O)(=O)CC)CC2)cc1. The highest BCUT2D eigenvalue weighted by Crippen LogP contribution is 2.19. The first-order valence-corrected chi connectivity index (χ1v) is 11.0. The first kappa shape index (κ1) is 19.8. The third-order valence-corrected chi connectivity index (χ3v) is 7.75. The Hall–Kier alpha value is -1.49. The third kappa shape index (κ3) is 4.38. The average molecular weight is 390 g/mol. The van der Waals surface area contributed by atoms with Gasteiger partial charge in [0.05, 0.1) is 22.8 Å². The van der Waals surface area contributed by atoms with E-state index in [9.17, 15) is 21.6 Å². The molecule has 8 nitrogen and oxygen atoms in total. The molecule has 0 spiro atoms. The molecule has 10 heteroatoms. The van der Waals surface area contributed by atoms with Gasteiger partial charge < -0.3 is 4.74 Å². The van der Waals surface area contributed by atoms with E-state index >= 15 is 0 Å². The molecule has 2 rings (SSSR count). The van der Waals surface area contributed by atoms with Crippen molar-refractivity contribution >= 4 is 26.0 Å². The number of carbonyl (C=O) groups is 1. The lowest BCUT2D eigenvalue weighted by atomic mass is 10.2. The second kappa shape index (κ2) is 7.81. The van der Waals surface area contributed by atoms with Crippen molar-refractivity contribution < 1.29 is 26.4 Å². The van der Waals surface area contributed by atoms with E-state index in [-0.39, 0.29) is 49.0 Å². The number of hydrogen-bond donors (Lipinski definition) is 0. The van der Waals surface area contributed by atoms with E-state index < -0.39 is 26.0 Å². The van der Waals surface area contributed by atoms with Crippen molar-refractivity contribution in [3.05, 3.63) is 29.8 Å². The smallest absolute Gasteiger partial charge is 0.338 e. The molecule has 0 radical (unpaired) electrons. The number of hydrogen-bond acceptors (Lipinski definition) is 6. The van der Waals surface area contributed by atoms with Crippen LogP contribution in [0, 0.1) is 0 Å². The summed E-state index contributed by atoms with van der Waals surface area (Å²) >= 11 is 0. The van der Waals surface area contributed by atoms with Gasteiger partial charge in [-0.3, -0.25) is 0 Å². The van der Waals surface area contributed by atoms with E-state index in [1.807, 2.05) is 0 Å². The maximum absolute atomic E-state index is 12.7. The van der Waals surface area contributed by atoms with Crippen LogP contribution in [0.2, 0.25) is 0 Å². The minimum atomic E-state index is -3.73. The van der Waals surface area contributed by atoms with Gasteiger partial charge in [0.25, 0.3) is 0 Å². The molecule has 0 atom stereocenters. The lowest BCUT2D eigenvalue weighted by molar-refractivity contribution is 0.0526. The summed E-state index contributed by atoms with van der Waals surface area (Å²) < 4.78 is 56.5. The molecule has 1 aliphatic heterocycles. The van der Waals surface area contributed by atoms with Gasteiger partial charge in [-0.05, 0) is 38.1 Å². The predicted molar refractivity (Wildman–Crippen MR) is 92.2 cm³/mol. The van der Waals surface area contributed by atoms with Crippen LogP contribution in [-0.4, -0.2) is 70.0 Å². The van der Waals surface area contributed by atoms with Crippen molar-refractivity contribution in [1.82, 2.24) is 8.61 Å². The van der Waals surface area contributed by atoms with Gasteiger partial charge in [-0.2, -0.15) is 8.61 Å². The van der Waals surface area contributed by atoms with Crippen LogP contribution < -0.4 is 0 Å². The van der Waals surface area contributed by atoms with Gasteiger partial charge in [0.1, 0.15) is 0 Å². The third-order valence-electron chi connectivity index (χ3n) is 3.96. The summed E-state index contributed by atoms with van der Waals surface area (Å²) in [6.07, 6.45) is 0. The number of esters is 1. The predicted octanol–water partition coefficient (Wildman–Crippen LogP) is 0.519. The number of rotatable bonds is 6. The molecule has 0 bridgehead atoms. The van der Waals surface area contributed by atoms with E-state index in [2.05, 4.69) is 0 Å². The standard InChI is InChI=1S/C15H22N2O6S2/c1-3-23-15(18)13-5-7-14(8-6-13)25(21,22)17-11-9-16(10-12-17)24(19,20)4-2/h5-8H,3-4,9-12H2,1-2H3. The molecule has 0 unspecified atom stereocenters. The Morgan fingerprint density at radius 3 is 1.96 bits per heavy atom. The molecule has 1 heterocycles. The Bertz CT molecular complexity index is 810. The summed E-state index contributed by atoms with van der Waals surface area (Å²) in [7, 11) is -7.05. The molecule has 0 amide bonds. The van der Waals surface area contributed by atoms with E-state index in [1.165, 1.54) is 32.9 Å². The number of carbonyl (C=O) groups excluding carboxylic acids is 1. The molecular weight excluding hydrogens is 368 g/mol. The van der Waals surface area contributed by atoms with E-state index in [0.717, 1.165) is 0 Å². The Balaban J connectivity index is 2.11. The van der Waals surface area contributed by atoms with Crippen LogP contribution in [0.25, 0.3) is 0 Å². The fraction of sp³-hybridized carbons (Fsp3) is 0.533. The molecule has 1 aromatic carbocycles. The highest BCUT2D eigenvalue weighted by atomic mass is 32.2. The maximum Gasteiger partial charge on any atom is 0.338 e. The molecule has 0 N–H and O–H groups in total. The number of nitrogens with zero attached hydrogens (tertiary/aromatic N) is 2. The molecule has 25 heavy (non-hydrogen) atoms. The molecule has 0 aliphatic carbocycles. The molecular formula is C15H22N2O6S2. The van der Waals surface area contributed by atoms with Crippen LogP contribution in [0.1, 0.15) is 24.2 Å². The highest BCUT2D eigenvalue weighted by molar-refractivity contribution is 7.89. The van der Waals surface area contributed by atoms with E-state index in [0.29, 0.717) is 0 Å². The van der Waals surface area contributed by atoms with Crippen molar-refractivity contribution in [2.24, 2.45) is 0 Å². The molecule has 1 fully saturated rings. The maximum atomic E-state index is 12.7. The zero-order valence-corrected chi connectivity index (χ0v) is 15.8. The van der Waals surface area contributed by atoms with Crippen molar-refractivity contribution in [2.75, 3.05) is 38.5 Å². The zero-order chi connectivity index (χ0) is 18.7. The Morgan fingerprint density at radius 2 is 1.48 bits per heavy atom. The van der Waals surface area contributed by atoms with Crippen LogP contribution in [0.3, 0.4) is 0 Å². The summed E-state index contributed by atoms with van der Waals surface area (Å²) in [6.45, 7) is 3.96. The minimum absolute atomic E-state index is 0.00489. The van der Waals surface area contributed by atoms with Crippen LogP contribution >= 0.6 is 0 Å². The van der Waals surface area contributed by atoms with E-state index in [4.69, 9.17) is 4.74 Å². The zero-order valence-electron chi connectivity index (χ0n) is 14.2. The quantitative estimate of drug-likeness (QED) is 0.657. The lowest BCUT2D eigenvalue weighted by Crippen LogP contribution is -2.50. The summed E-state index contributed by atoms with van der Waals surface area (Å²) in [5.74, 6) is -0.514. The Kier molecular flexibility index (Phi) is 6.20. The summed E-state index contributed by atoms with van der Waals surface area (Å²) in [5, 5.41) is 0. The monoisotopic (exact) mass is 390 g/mol. The fourth-order valence-corrected chi connectivity index (χ4v) is 5.00. The second-order valence-electron chi connectivity index (χ2n) is 5.45. The number of benzene rings is 1. The minimum Gasteiger partial charge on any atom is -0.462 e. The summed E-state index contributed by atoms with van der Waals surface area (Å²) in [5.41, 5.74) is 0.277. The van der Waals surface area contributed by atoms with Gasteiger partial charge in [-0.25, -0.2) is 21.6 Å². The van der Waals surface area contributed by atoms with Crippen LogP contribution in [-0.2, 0) is 24.8 Å². The van der Waals surface area contributed by atoms with E-state index in [1.54, 1.807) is 13.8 Å². The average Bonchev–Trinajstić information content (AvgIpc) is 2.62. The Morgan fingerprint density at radius 1 is 0.960 bits per heavy atom. The van der Waals surface area contributed by atoms with Crippen LogP contribution in [0.4, 0.5) is 0 Å². The molecule has 140 valence electrons. The fourth-order valence-electron chi connectivity index (χ4n) is 2.50. The molecule has 1 saturated heterocycles. The molecule has 0 aromatic heterocycles. The summed E-state index contributed by atoms with van der Waals surface area (Å²) in [4.78, 5) is 11.7. The van der Waals surface area contributed by atoms with Crippen LogP contribution in [0.15, 0.2) is 29.2 Å². The second-order valence-corrected chi connectivity index (χ2v) is 9.64. The lowest BCUT2D eigenvalue weighted by Gasteiger charge is -2.33. The van der Waals surface area contributed by atoms with Gasteiger partial charge in [0.15, 0.2) is 0 Å². The highest BCUT2D eigenvalue weighted by Gasteiger charge is 2.32. The molecule has 1 aromatic rings. The first-order valence-electron chi connectivity index (χ1n) is 7.97. The number of piperazine rings is 1. The van der Waals surface area contributed by atoms with Crippen molar-refractivity contribution in [2.45, 2.75) is 18.7 Å². The van der Waals surface area contributed by atoms with Gasteiger partial charge >= 0.3 is 5.97 Å². The topological polar surface area (TPSA) is 101 Å². The number of sulfonamides is 2. The summed E-state index contributed by atoms with van der Waals surface area (Å²) in [6, 6.07) is 5.53. The number of ether oxygens (including phenoxy) is 1. The van der Waals surface area contributed by atoms with Crippen LogP contribution in [0.5, 0.6) is 0 Å². The first-order chi connectivity index (χ1) is 11.7. The Labute approximate surface area is 148 Å². The molecule has 0 saturated carbocycles.